The molecule has 0 aliphatic heterocycles. The highest BCUT2D eigenvalue weighted by Crippen LogP contribution is 2.23. The zero-order chi connectivity index (χ0) is 18.4. The molecule has 1 aromatic heterocycles. The van der Waals surface area contributed by atoms with Crippen molar-refractivity contribution in [3.8, 4) is 16.3 Å². The second kappa shape index (κ2) is 8.45. The average Bonchev–Trinajstić information content (AvgIpc) is 3.14. The topological polar surface area (TPSA) is 51.2 Å². The van der Waals surface area contributed by atoms with Crippen LogP contribution in [0.25, 0.3) is 16.6 Å². The van der Waals surface area contributed by atoms with Gasteiger partial charge in [0.15, 0.2) is 0 Å². The molecule has 0 saturated carbocycles. The third-order valence-electron chi connectivity index (χ3n) is 3.82. The maximum atomic E-state index is 12.1. The Morgan fingerprint density at radius 1 is 1.23 bits per heavy atom. The van der Waals surface area contributed by atoms with Gasteiger partial charge in [-0.05, 0) is 25.1 Å². The summed E-state index contributed by atoms with van der Waals surface area (Å²) in [5.74, 6) is 0.578. The summed E-state index contributed by atoms with van der Waals surface area (Å²) < 4.78 is 5.32. The van der Waals surface area contributed by atoms with Gasteiger partial charge in [-0.3, -0.25) is 4.79 Å². The fraction of sp³-hybridized carbons (Fsp3) is 0.143. The lowest BCUT2D eigenvalue weighted by atomic mass is 10.1. The summed E-state index contributed by atoms with van der Waals surface area (Å²) in [6, 6.07) is 15.9. The Labute approximate surface area is 157 Å². The highest BCUT2D eigenvalue weighted by molar-refractivity contribution is 7.13. The summed E-state index contributed by atoms with van der Waals surface area (Å²) in [5.41, 5.74) is 3.93. The summed E-state index contributed by atoms with van der Waals surface area (Å²) in [5, 5.41) is 5.79. The number of hydrogen-bond donors (Lipinski definition) is 1. The number of hydrogen-bond acceptors (Lipinski definition) is 4. The van der Waals surface area contributed by atoms with E-state index in [1.807, 2.05) is 60.8 Å². The van der Waals surface area contributed by atoms with E-state index in [9.17, 15) is 4.79 Å². The maximum absolute atomic E-state index is 12.1. The van der Waals surface area contributed by atoms with Crippen molar-refractivity contribution in [1.29, 1.82) is 0 Å². The number of aromatic nitrogens is 1. The molecule has 0 aliphatic carbocycles. The Kier molecular flexibility index (Phi) is 5.81. The molecule has 5 heteroatoms. The van der Waals surface area contributed by atoms with Crippen LogP contribution in [0, 0.1) is 6.92 Å². The van der Waals surface area contributed by atoms with Gasteiger partial charge in [0.05, 0.1) is 19.3 Å². The second-order valence-corrected chi connectivity index (χ2v) is 6.66. The Morgan fingerprint density at radius 3 is 2.81 bits per heavy atom. The van der Waals surface area contributed by atoms with Crippen LogP contribution in [0.15, 0.2) is 60.0 Å². The number of thiazole rings is 1. The molecule has 3 aromatic rings. The van der Waals surface area contributed by atoms with Gasteiger partial charge in [-0.25, -0.2) is 4.98 Å². The third kappa shape index (κ3) is 4.58. The number of carbonyl (C=O) groups excluding carboxylic acids is 1. The molecule has 0 spiro atoms. The Bertz CT molecular complexity index is 917. The highest BCUT2D eigenvalue weighted by Gasteiger charge is 2.05. The molecule has 26 heavy (non-hydrogen) atoms. The first-order valence-electron chi connectivity index (χ1n) is 8.26. The van der Waals surface area contributed by atoms with Gasteiger partial charge in [0.25, 0.3) is 0 Å². The van der Waals surface area contributed by atoms with Gasteiger partial charge in [0, 0.05) is 22.6 Å². The molecule has 1 amide bonds. The van der Waals surface area contributed by atoms with E-state index >= 15 is 0 Å². The molecule has 3 rings (SSSR count). The minimum atomic E-state index is -0.164. The smallest absolute Gasteiger partial charge is 0.244 e. The Hall–Kier alpha value is -2.92. The van der Waals surface area contributed by atoms with Crippen molar-refractivity contribution >= 4 is 23.3 Å². The van der Waals surface area contributed by atoms with Crippen LogP contribution in [0.2, 0.25) is 0 Å². The van der Waals surface area contributed by atoms with E-state index in [1.54, 1.807) is 24.5 Å². The summed E-state index contributed by atoms with van der Waals surface area (Å²) in [7, 11) is 1.62. The predicted octanol–water partition coefficient (Wildman–Crippen LogP) is 4.46. The van der Waals surface area contributed by atoms with Crippen molar-refractivity contribution in [2.24, 2.45) is 0 Å². The molecule has 1 N–H and O–H groups in total. The highest BCUT2D eigenvalue weighted by atomic mass is 32.1. The monoisotopic (exact) mass is 364 g/mol. The number of amides is 1. The van der Waals surface area contributed by atoms with E-state index in [4.69, 9.17) is 4.74 Å². The van der Waals surface area contributed by atoms with Crippen molar-refractivity contribution in [1.82, 2.24) is 10.3 Å². The quantitative estimate of drug-likeness (QED) is 0.657. The zero-order valence-corrected chi connectivity index (χ0v) is 15.5. The normalized spacial score (nSPS) is 10.8. The largest absolute Gasteiger partial charge is 0.496 e. The van der Waals surface area contributed by atoms with Crippen molar-refractivity contribution in [3.05, 3.63) is 76.8 Å². The molecule has 2 aromatic carbocycles. The number of methoxy groups -OCH3 is 1. The molecule has 0 aliphatic rings. The lowest BCUT2D eigenvalue weighted by molar-refractivity contribution is -0.116. The molecule has 0 radical (unpaired) electrons. The minimum Gasteiger partial charge on any atom is -0.496 e. The standard InChI is InChI=1S/C21H20N2O2S/c1-15-8-10-19(25-2)17(12-15)9-11-20(24)22-13-18-14-26-21(23-18)16-6-4-3-5-7-16/h3-12,14H,13H2,1-2H3,(H,22,24)/b11-9+. The van der Waals surface area contributed by atoms with Crippen LogP contribution in [0.1, 0.15) is 16.8 Å². The number of benzene rings is 2. The number of nitrogens with one attached hydrogen (secondary N) is 1. The first kappa shape index (κ1) is 17.9. The van der Waals surface area contributed by atoms with Crippen LogP contribution in [0.4, 0.5) is 0 Å². The van der Waals surface area contributed by atoms with Gasteiger partial charge >= 0.3 is 0 Å². The Balaban J connectivity index is 1.60. The fourth-order valence-corrected chi connectivity index (χ4v) is 3.31. The van der Waals surface area contributed by atoms with E-state index in [2.05, 4.69) is 10.3 Å². The molecule has 0 atom stereocenters. The summed E-state index contributed by atoms with van der Waals surface area (Å²) in [6.07, 6.45) is 3.28. The molecule has 4 nitrogen and oxygen atoms in total. The molecule has 0 fully saturated rings. The molecule has 0 saturated heterocycles. The minimum absolute atomic E-state index is 0.164. The van der Waals surface area contributed by atoms with Gasteiger partial charge < -0.3 is 10.1 Å². The van der Waals surface area contributed by atoms with Crippen LogP contribution in [0.5, 0.6) is 5.75 Å². The molecule has 0 unspecified atom stereocenters. The summed E-state index contributed by atoms with van der Waals surface area (Å²) in [4.78, 5) is 16.7. The second-order valence-electron chi connectivity index (χ2n) is 5.81. The molecular formula is C21H20N2O2S. The lowest BCUT2D eigenvalue weighted by Crippen LogP contribution is -2.20. The lowest BCUT2D eigenvalue weighted by Gasteiger charge is -2.05. The van der Waals surface area contributed by atoms with Crippen LogP contribution < -0.4 is 10.1 Å². The number of aryl methyl sites for hydroxylation is 1. The van der Waals surface area contributed by atoms with E-state index in [0.29, 0.717) is 6.54 Å². The molecule has 132 valence electrons. The van der Waals surface area contributed by atoms with Crippen molar-refractivity contribution in [3.63, 3.8) is 0 Å². The number of rotatable bonds is 6. The van der Waals surface area contributed by atoms with Crippen molar-refractivity contribution in [2.75, 3.05) is 7.11 Å². The molecule has 0 bridgehead atoms. The predicted molar refractivity (Wildman–Crippen MR) is 106 cm³/mol. The zero-order valence-electron chi connectivity index (χ0n) is 14.7. The average molecular weight is 364 g/mol. The summed E-state index contributed by atoms with van der Waals surface area (Å²) in [6.45, 7) is 2.40. The van der Waals surface area contributed by atoms with Crippen LogP contribution >= 0.6 is 11.3 Å². The van der Waals surface area contributed by atoms with E-state index < -0.39 is 0 Å². The van der Waals surface area contributed by atoms with Gasteiger partial charge in [0.2, 0.25) is 5.91 Å². The van der Waals surface area contributed by atoms with Crippen LogP contribution in [-0.4, -0.2) is 18.0 Å². The molecular weight excluding hydrogens is 344 g/mol. The molecule has 1 heterocycles. The van der Waals surface area contributed by atoms with Gasteiger partial charge in [0.1, 0.15) is 10.8 Å². The number of nitrogens with zero attached hydrogens (tertiary/aromatic N) is 1. The van der Waals surface area contributed by atoms with Crippen LogP contribution in [-0.2, 0) is 11.3 Å². The number of ether oxygens (including phenoxy) is 1. The fourth-order valence-electron chi connectivity index (χ4n) is 2.49. The summed E-state index contributed by atoms with van der Waals surface area (Å²) >= 11 is 1.57. The van der Waals surface area contributed by atoms with Crippen LogP contribution in [0.3, 0.4) is 0 Å². The van der Waals surface area contributed by atoms with E-state index in [0.717, 1.165) is 33.1 Å². The van der Waals surface area contributed by atoms with Gasteiger partial charge in [-0.2, -0.15) is 0 Å². The van der Waals surface area contributed by atoms with Gasteiger partial charge in [-0.1, -0.05) is 42.0 Å². The van der Waals surface area contributed by atoms with Gasteiger partial charge in [-0.15, -0.1) is 11.3 Å². The third-order valence-corrected chi connectivity index (χ3v) is 4.76. The first-order valence-corrected chi connectivity index (χ1v) is 9.14. The first-order chi connectivity index (χ1) is 12.7. The Morgan fingerprint density at radius 2 is 2.04 bits per heavy atom. The SMILES string of the molecule is COc1ccc(C)cc1/C=C/C(=O)NCc1csc(-c2ccccc2)n1. The number of carbonyl (C=O) groups is 1. The van der Waals surface area contributed by atoms with E-state index in [-0.39, 0.29) is 5.91 Å². The van der Waals surface area contributed by atoms with Crippen molar-refractivity contribution < 1.29 is 9.53 Å². The van der Waals surface area contributed by atoms with Crippen molar-refractivity contribution in [2.45, 2.75) is 13.5 Å². The van der Waals surface area contributed by atoms with E-state index in [1.165, 1.54) is 6.08 Å². The maximum Gasteiger partial charge on any atom is 0.244 e.